The summed E-state index contributed by atoms with van der Waals surface area (Å²) < 4.78 is 37.0. The summed E-state index contributed by atoms with van der Waals surface area (Å²) in [5, 5.41) is 8.60. The molecule has 130 valence electrons. The first-order chi connectivity index (χ1) is 11.7. The van der Waals surface area contributed by atoms with Crippen molar-refractivity contribution >= 4 is 37.4 Å². The van der Waals surface area contributed by atoms with Crippen LogP contribution in [0.3, 0.4) is 0 Å². The van der Waals surface area contributed by atoms with Gasteiger partial charge in [0.25, 0.3) is 5.91 Å². The number of primary sulfonamides is 1. The lowest BCUT2D eigenvalue weighted by Gasteiger charge is -2.14. The Bertz CT molecular complexity index is 1060. The van der Waals surface area contributed by atoms with Crippen molar-refractivity contribution in [2.75, 3.05) is 0 Å². The predicted molar refractivity (Wildman–Crippen MR) is 95.5 cm³/mol. The van der Waals surface area contributed by atoms with Crippen LogP contribution in [0, 0.1) is 5.82 Å². The van der Waals surface area contributed by atoms with Crippen LogP contribution in [-0.4, -0.2) is 14.3 Å². The fourth-order valence-electron chi connectivity index (χ4n) is 2.44. The maximum Gasteiger partial charge on any atom is 0.261 e. The molecule has 0 saturated heterocycles. The molecule has 0 saturated carbocycles. The number of benzene rings is 2. The van der Waals surface area contributed by atoms with Crippen molar-refractivity contribution < 1.29 is 17.6 Å². The van der Waals surface area contributed by atoms with Crippen molar-refractivity contribution in [1.82, 2.24) is 5.32 Å². The van der Waals surface area contributed by atoms with E-state index in [1.807, 2.05) is 0 Å². The zero-order chi connectivity index (χ0) is 18.2. The van der Waals surface area contributed by atoms with E-state index in [0.29, 0.717) is 15.8 Å². The second kappa shape index (κ2) is 6.55. The van der Waals surface area contributed by atoms with Crippen LogP contribution in [0.1, 0.15) is 28.2 Å². The summed E-state index contributed by atoms with van der Waals surface area (Å²) in [7, 11) is -3.81. The normalized spacial score (nSPS) is 12.9. The van der Waals surface area contributed by atoms with E-state index in [2.05, 4.69) is 5.32 Å². The highest BCUT2D eigenvalue weighted by Gasteiger charge is 2.16. The number of halogens is 1. The number of hydrogen-bond acceptors (Lipinski definition) is 4. The summed E-state index contributed by atoms with van der Waals surface area (Å²) in [6.45, 7) is 1.74. The third kappa shape index (κ3) is 3.87. The van der Waals surface area contributed by atoms with Crippen LogP contribution in [0.4, 0.5) is 4.39 Å². The number of sulfonamides is 1. The van der Waals surface area contributed by atoms with E-state index in [1.54, 1.807) is 31.2 Å². The van der Waals surface area contributed by atoms with E-state index in [1.165, 1.54) is 35.6 Å². The molecule has 0 aliphatic rings. The van der Waals surface area contributed by atoms with Gasteiger partial charge in [-0.05, 0) is 54.3 Å². The molecule has 0 radical (unpaired) electrons. The summed E-state index contributed by atoms with van der Waals surface area (Å²) in [5.74, 6) is -0.666. The van der Waals surface area contributed by atoms with Crippen molar-refractivity contribution in [2.24, 2.45) is 5.14 Å². The number of carbonyl (C=O) groups excluding carboxylic acids is 1. The molecule has 0 aliphatic carbocycles. The largest absolute Gasteiger partial charge is 0.345 e. The van der Waals surface area contributed by atoms with Gasteiger partial charge in [-0.1, -0.05) is 12.1 Å². The topological polar surface area (TPSA) is 89.3 Å². The molecular formula is C17H15FN2O3S2. The molecule has 5 nitrogen and oxygen atoms in total. The molecule has 25 heavy (non-hydrogen) atoms. The second-order valence-corrected chi connectivity index (χ2v) is 8.25. The van der Waals surface area contributed by atoms with Gasteiger partial charge in [0.2, 0.25) is 10.0 Å². The number of thiophene rings is 1. The summed E-state index contributed by atoms with van der Waals surface area (Å²) >= 11 is 1.26. The molecule has 0 spiro atoms. The Morgan fingerprint density at radius 1 is 1.20 bits per heavy atom. The van der Waals surface area contributed by atoms with E-state index in [4.69, 9.17) is 5.14 Å². The average Bonchev–Trinajstić information content (AvgIpc) is 2.97. The predicted octanol–water partition coefficient (Wildman–Crippen LogP) is 3.18. The SMILES string of the molecule is C[C@@H](NC(=O)c1cc2cc(F)ccc2s1)c1cccc(S(N)(=O)=O)c1. The molecular weight excluding hydrogens is 363 g/mol. The molecule has 2 aromatic carbocycles. The number of fused-ring (bicyclic) bond motifs is 1. The molecule has 3 rings (SSSR count). The van der Waals surface area contributed by atoms with Crippen LogP contribution in [0.5, 0.6) is 0 Å². The van der Waals surface area contributed by atoms with Crippen LogP contribution in [0.25, 0.3) is 10.1 Å². The summed E-state index contributed by atoms with van der Waals surface area (Å²) in [6.07, 6.45) is 0. The lowest BCUT2D eigenvalue weighted by atomic mass is 10.1. The first kappa shape index (κ1) is 17.5. The standard InChI is InChI=1S/C17H15FN2O3S2/c1-10(11-3-2-4-14(8-11)25(19,22)23)20-17(21)16-9-12-7-13(18)5-6-15(12)24-16/h2-10H,1H3,(H,20,21)(H2,19,22,23)/t10-/m1/s1. The van der Waals surface area contributed by atoms with Gasteiger partial charge in [-0.15, -0.1) is 11.3 Å². The number of amides is 1. The fraction of sp³-hybridized carbons (Fsp3) is 0.118. The smallest absolute Gasteiger partial charge is 0.261 e. The van der Waals surface area contributed by atoms with Gasteiger partial charge < -0.3 is 5.32 Å². The second-order valence-electron chi connectivity index (χ2n) is 5.61. The fourth-order valence-corrected chi connectivity index (χ4v) is 3.95. The molecule has 1 heterocycles. The number of nitrogens with one attached hydrogen (secondary N) is 1. The molecule has 0 aliphatic heterocycles. The lowest BCUT2D eigenvalue weighted by molar-refractivity contribution is 0.0944. The van der Waals surface area contributed by atoms with Crippen molar-refractivity contribution in [1.29, 1.82) is 0 Å². The van der Waals surface area contributed by atoms with E-state index < -0.39 is 16.1 Å². The molecule has 1 atom stereocenters. The third-order valence-corrected chi connectivity index (χ3v) is 5.76. The van der Waals surface area contributed by atoms with E-state index in [0.717, 1.165) is 4.70 Å². The average molecular weight is 378 g/mol. The number of rotatable bonds is 4. The zero-order valence-electron chi connectivity index (χ0n) is 13.2. The zero-order valence-corrected chi connectivity index (χ0v) is 14.8. The van der Waals surface area contributed by atoms with Crippen LogP contribution in [0.15, 0.2) is 53.4 Å². The highest BCUT2D eigenvalue weighted by molar-refractivity contribution is 7.89. The Kier molecular flexibility index (Phi) is 4.59. The monoisotopic (exact) mass is 378 g/mol. The van der Waals surface area contributed by atoms with Gasteiger partial charge in [0.1, 0.15) is 5.82 Å². The maximum absolute atomic E-state index is 13.3. The Balaban J connectivity index is 1.82. The van der Waals surface area contributed by atoms with E-state index >= 15 is 0 Å². The van der Waals surface area contributed by atoms with Crippen molar-refractivity contribution in [3.8, 4) is 0 Å². The molecule has 1 amide bonds. The molecule has 0 unspecified atom stereocenters. The summed E-state index contributed by atoms with van der Waals surface area (Å²) in [6, 6.07) is 11.7. The molecule has 1 aromatic heterocycles. The van der Waals surface area contributed by atoms with Gasteiger partial charge in [-0.3, -0.25) is 4.79 Å². The molecule has 3 aromatic rings. The molecule has 3 N–H and O–H groups in total. The Labute approximate surface area is 148 Å². The van der Waals surface area contributed by atoms with Crippen molar-refractivity contribution in [3.63, 3.8) is 0 Å². The minimum atomic E-state index is -3.81. The quantitative estimate of drug-likeness (QED) is 0.731. The first-order valence-electron chi connectivity index (χ1n) is 7.37. The van der Waals surface area contributed by atoms with Crippen LogP contribution in [0.2, 0.25) is 0 Å². The van der Waals surface area contributed by atoms with Gasteiger partial charge in [-0.25, -0.2) is 17.9 Å². The minimum Gasteiger partial charge on any atom is -0.345 e. The van der Waals surface area contributed by atoms with Crippen LogP contribution in [-0.2, 0) is 10.0 Å². The first-order valence-corrected chi connectivity index (χ1v) is 9.73. The van der Waals surface area contributed by atoms with Crippen LogP contribution >= 0.6 is 11.3 Å². The van der Waals surface area contributed by atoms with Gasteiger partial charge in [-0.2, -0.15) is 0 Å². The number of nitrogens with two attached hydrogens (primary N) is 1. The Hall–Kier alpha value is -2.29. The third-order valence-electron chi connectivity index (χ3n) is 3.74. The van der Waals surface area contributed by atoms with Crippen molar-refractivity contribution in [2.45, 2.75) is 17.9 Å². The van der Waals surface area contributed by atoms with Gasteiger partial charge in [0.05, 0.1) is 15.8 Å². The maximum atomic E-state index is 13.3. The Morgan fingerprint density at radius 3 is 2.68 bits per heavy atom. The molecule has 0 bridgehead atoms. The molecule has 8 heteroatoms. The Morgan fingerprint density at radius 2 is 1.96 bits per heavy atom. The van der Waals surface area contributed by atoms with Crippen LogP contribution < -0.4 is 10.5 Å². The molecule has 0 fully saturated rings. The van der Waals surface area contributed by atoms with Crippen molar-refractivity contribution in [3.05, 3.63) is 64.8 Å². The van der Waals surface area contributed by atoms with E-state index in [-0.39, 0.29) is 16.6 Å². The highest BCUT2D eigenvalue weighted by atomic mass is 32.2. The van der Waals surface area contributed by atoms with E-state index in [9.17, 15) is 17.6 Å². The minimum absolute atomic E-state index is 0.0107. The number of carbonyl (C=O) groups is 1. The number of hydrogen-bond donors (Lipinski definition) is 2. The van der Waals surface area contributed by atoms with Gasteiger partial charge >= 0.3 is 0 Å². The summed E-state index contributed by atoms with van der Waals surface area (Å²) in [5.41, 5.74) is 0.618. The van der Waals surface area contributed by atoms with Gasteiger partial charge in [0, 0.05) is 4.70 Å². The lowest BCUT2D eigenvalue weighted by Crippen LogP contribution is -2.26. The summed E-state index contributed by atoms with van der Waals surface area (Å²) in [4.78, 5) is 12.9. The highest BCUT2D eigenvalue weighted by Crippen LogP contribution is 2.27. The van der Waals surface area contributed by atoms with Gasteiger partial charge in [0.15, 0.2) is 0 Å².